The molecule has 2 heteroatoms. The summed E-state index contributed by atoms with van der Waals surface area (Å²) in [5.41, 5.74) is 20.8. The Bertz CT molecular complexity index is 3420. The SMILES string of the molecule is CC1(C)C2=CC(N(c3ccc(-c4ccccc4)cc3)c3ccc(-c4ccccc4-n4c5ccccc5c5ccccc54)cc3-c3cccc(-c4ccccc4)c3)=CCC2c2ccccc21. The van der Waals surface area contributed by atoms with Crippen LogP contribution in [0.2, 0.25) is 0 Å². The fraction of sp³-hybridized carbons (Fsp3) is 0.0794. The highest BCUT2D eigenvalue weighted by atomic mass is 15.2. The van der Waals surface area contributed by atoms with Gasteiger partial charge in [-0.3, -0.25) is 0 Å². The molecule has 12 rings (SSSR count). The third-order valence-corrected chi connectivity index (χ3v) is 14.0. The van der Waals surface area contributed by atoms with Crippen LogP contribution in [0.5, 0.6) is 0 Å². The van der Waals surface area contributed by atoms with Gasteiger partial charge in [0.25, 0.3) is 0 Å². The first-order valence-electron chi connectivity index (χ1n) is 22.9. The van der Waals surface area contributed by atoms with E-state index < -0.39 is 0 Å². The molecule has 2 aliphatic carbocycles. The number of benzene rings is 9. The average molecular weight is 833 g/mol. The third-order valence-electron chi connectivity index (χ3n) is 14.0. The first-order valence-corrected chi connectivity index (χ1v) is 22.9. The summed E-state index contributed by atoms with van der Waals surface area (Å²) >= 11 is 0. The zero-order chi connectivity index (χ0) is 43.5. The Morgan fingerprint density at radius 3 is 1.75 bits per heavy atom. The molecule has 0 bridgehead atoms. The van der Waals surface area contributed by atoms with E-state index in [1.807, 2.05) is 0 Å². The van der Waals surface area contributed by atoms with Gasteiger partial charge in [0.05, 0.1) is 22.4 Å². The highest BCUT2D eigenvalue weighted by molar-refractivity contribution is 6.10. The van der Waals surface area contributed by atoms with Crippen LogP contribution in [-0.2, 0) is 5.41 Å². The van der Waals surface area contributed by atoms with Crippen molar-refractivity contribution in [1.82, 2.24) is 4.57 Å². The van der Waals surface area contributed by atoms with E-state index in [0.717, 1.165) is 29.0 Å². The van der Waals surface area contributed by atoms with E-state index >= 15 is 0 Å². The molecule has 1 atom stereocenters. The molecule has 310 valence electrons. The van der Waals surface area contributed by atoms with Gasteiger partial charge in [0.1, 0.15) is 0 Å². The average Bonchev–Trinajstić information content (AvgIpc) is 3.83. The summed E-state index contributed by atoms with van der Waals surface area (Å²) < 4.78 is 2.45. The topological polar surface area (TPSA) is 8.17 Å². The number of hydrogen-bond acceptors (Lipinski definition) is 1. The molecule has 0 saturated heterocycles. The molecule has 9 aromatic carbocycles. The molecule has 0 N–H and O–H groups in total. The summed E-state index contributed by atoms with van der Waals surface area (Å²) in [6.45, 7) is 4.81. The van der Waals surface area contributed by atoms with Crippen molar-refractivity contribution in [3.8, 4) is 50.2 Å². The number of hydrogen-bond donors (Lipinski definition) is 0. The zero-order valence-corrected chi connectivity index (χ0v) is 36.7. The zero-order valence-electron chi connectivity index (χ0n) is 36.7. The van der Waals surface area contributed by atoms with Crippen LogP contribution in [0.4, 0.5) is 11.4 Å². The van der Waals surface area contributed by atoms with E-state index in [0.29, 0.717) is 5.92 Å². The third kappa shape index (κ3) is 6.56. The molecular weight excluding hydrogens is 785 g/mol. The Kier molecular flexibility index (Phi) is 9.35. The maximum absolute atomic E-state index is 2.52. The van der Waals surface area contributed by atoms with E-state index in [1.165, 1.54) is 83.1 Å². The van der Waals surface area contributed by atoms with Crippen molar-refractivity contribution < 1.29 is 0 Å². The van der Waals surface area contributed by atoms with Crippen LogP contribution in [-0.4, -0.2) is 4.57 Å². The molecule has 2 nitrogen and oxygen atoms in total. The molecule has 0 aliphatic heterocycles. The molecule has 1 heterocycles. The van der Waals surface area contributed by atoms with Gasteiger partial charge in [-0.05, 0) is 106 Å². The van der Waals surface area contributed by atoms with Crippen molar-refractivity contribution in [3.05, 3.63) is 259 Å². The Labute approximate surface area is 381 Å². The lowest BCUT2D eigenvalue weighted by atomic mass is 9.78. The standard InChI is InChI=1S/C63H48N2/c1-63(2)57-28-13-9-25-52(57)53-38-37-50(42-58(53)63)64(49-35-32-45(33-36-49)43-18-5-3-6-19-43)62-39-34-48(41-56(62)47-23-17-22-46(40-47)44-20-7-4-8-21-44)51-24-10-14-29-59(51)65-60-30-15-11-26-54(60)55-27-12-16-31-61(55)65/h3-37,39-42,53H,38H2,1-2H3. The lowest BCUT2D eigenvalue weighted by molar-refractivity contribution is 0.609. The number of fused-ring (bicyclic) bond motifs is 6. The van der Waals surface area contributed by atoms with Gasteiger partial charge in [-0.25, -0.2) is 0 Å². The number of aromatic nitrogens is 1. The van der Waals surface area contributed by atoms with Gasteiger partial charge in [0, 0.05) is 44.6 Å². The second-order valence-corrected chi connectivity index (χ2v) is 18.0. The minimum absolute atomic E-state index is 0.0865. The minimum atomic E-state index is -0.0865. The van der Waals surface area contributed by atoms with E-state index in [4.69, 9.17) is 0 Å². The Morgan fingerprint density at radius 2 is 1.02 bits per heavy atom. The van der Waals surface area contributed by atoms with Gasteiger partial charge in [-0.15, -0.1) is 0 Å². The first kappa shape index (κ1) is 38.7. The predicted octanol–water partition coefficient (Wildman–Crippen LogP) is 16.9. The lowest BCUT2D eigenvalue weighted by Crippen LogP contribution is -2.23. The van der Waals surface area contributed by atoms with Crippen molar-refractivity contribution >= 4 is 33.2 Å². The second-order valence-electron chi connectivity index (χ2n) is 18.0. The Balaban J connectivity index is 1.08. The number of allylic oxidation sites excluding steroid dienone is 3. The number of anilines is 2. The van der Waals surface area contributed by atoms with Gasteiger partial charge in [-0.1, -0.05) is 201 Å². The van der Waals surface area contributed by atoms with E-state index in [2.05, 4.69) is 260 Å². The molecule has 0 radical (unpaired) electrons. The summed E-state index contributed by atoms with van der Waals surface area (Å²) in [6, 6.07) is 82.4. The van der Waals surface area contributed by atoms with Crippen LogP contribution in [0, 0.1) is 0 Å². The van der Waals surface area contributed by atoms with E-state index in [1.54, 1.807) is 0 Å². The van der Waals surface area contributed by atoms with Gasteiger partial charge < -0.3 is 9.47 Å². The monoisotopic (exact) mass is 832 g/mol. The van der Waals surface area contributed by atoms with Crippen molar-refractivity contribution in [2.75, 3.05) is 4.90 Å². The molecule has 1 unspecified atom stereocenters. The van der Waals surface area contributed by atoms with Crippen LogP contribution in [0.25, 0.3) is 72.0 Å². The molecule has 0 saturated carbocycles. The van der Waals surface area contributed by atoms with Gasteiger partial charge >= 0.3 is 0 Å². The first-order chi connectivity index (χ1) is 32.0. The molecular formula is C63H48N2. The maximum atomic E-state index is 2.52. The number of rotatable bonds is 8. The van der Waals surface area contributed by atoms with Gasteiger partial charge in [-0.2, -0.15) is 0 Å². The molecule has 65 heavy (non-hydrogen) atoms. The molecule has 10 aromatic rings. The Hall–Kier alpha value is -7.94. The predicted molar refractivity (Wildman–Crippen MR) is 274 cm³/mol. The normalized spacial score (nSPS) is 15.0. The quantitative estimate of drug-likeness (QED) is 0.148. The van der Waals surface area contributed by atoms with E-state index in [-0.39, 0.29) is 5.41 Å². The minimum Gasteiger partial charge on any atom is -0.310 e. The van der Waals surface area contributed by atoms with Crippen LogP contribution in [0.3, 0.4) is 0 Å². The molecule has 2 aliphatic rings. The molecule has 0 amide bonds. The van der Waals surface area contributed by atoms with Crippen LogP contribution < -0.4 is 4.90 Å². The summed E-state index contributed by atoms with van der Waals surface area (Å²) in [6.07, 6.45) is 5.94. The fourth-order valence-electron chi connectivity index (χ4n) is 10.9. The number of para-hydroxylation sites is 3. The van der Waals surface area contributed by atoms with Crippen molar-refractivity contribution in [3.63, 3.8) is 0 Å². The Morgan fingerprint density at radius 1 is 0.462 bits per heavy atom. The maximum Gasteiger partial charge on any atom is 0.0541 e. The second kappa shape index (κ2) is 15.7. The summed E-state index contributed by atoms with van der Waals surface area (Å²) in [7, 11) is 0. The van der Waals surface area contributed by atoms with Crippen molar-refractivity contribution in [2.45, 2.75) is 31.6 Å². The van der Waals surface area contributed by atoms with Gasteiger partial charge in [0.2, 0.25) is 0 Å². The lowest BCUT2D eigenvalue weighted by Gasteiger charge is -2.34. The molecule has 0 spiro atoms. The highest BCUT2D eigenvalue weighted by Gasteiger charge is 2.42. The number of nitrogens with zero attached hydrogens (tertiary/aromatic N) is 2. The highest BCUT2D eigenvalue weighted by Crippen LogP contribution is 2.55. The van der Waals surface area contributed by atoms with Crippen molar-refractivity contribution in [2.24, 2.45) is 0 Å². The summed E-state index contributed by atoms with van der Waals surface area (Å²) in [5.74, 6) is 0.369. The molecule has 1 aromatic heterocycles. The summed E-state index contributed by atoms with van der Waals surface area (Å²) in [5, 5.41) is 2.51. The largest absolute Gasteiger partial charge is 0.310 e. The van der Waals surface area contributed by atoms with Crippen LogP contribution >= 0.6 is 0 Å². The van der Waals surface area contributed by atoms with Crippen molar-refractivity contribution in [1.29, 1.82) is 0 Å². The summed E-state index contributed by atoms with van der Waals surface area (Å²) in [4.78, 5) is 2.52. The fourth-order valence-corrected chi connectivity index (χ4v) is 10.9. The molecule has 0 fully saturated rings. The van der Waals surface area contributed by atoms with Gasteiger partial charge in [0.15, 0.2) is 0 Å². The van der Waals surface area contributed by atoms with E-state index in [9.17, 15) is 0 Å². The van der Waals surface area contributed by atoms with Crippen LogP contribution in [0.15, 0.2) is 248 Å². The van der Waals surface area contributed by atoms with Crippen LogP contribution in [0.1, 0.15) is 37.3 Å². The smallest absolute Gasteiger partial charge is 0.0541 e.